The Morgan fingerprint density at radius 1 is 1.00 bits per heavy atom. The normalized spacial score (nSPS) is 14.0. The van der Waals surface area contributed by atoms with Gasteiger partial charge in [-0.25, -0.2) is 15.0 Å². The van der Waals surface area contributed by atoms with Gasteiger partial charge in [0.05, 0.1) is 21.9 Å². The number of hydrogen-bond donors (Lipinski definition) is 1. The summed E-state index contributed by atoms with van der Waals surface area (Å²) < 4.78 is 3.37. The molecule has 1 aliphatic carbocycles. The lowest BCUT2D eigenvalue weighted by Crippen LogP contribution is -2.01. The van der Waals surface area contributed by atoms with E-state index in [2.05, 4.69) is 30.9 Å². The van der Waals surface area contributed by atoms with Gasteiger partial charge in [0, 0.05) is 29.7 Å². The largest absolute Gasteiger partial charge is 0.324 e. The smallest absolute Gasteiger partial charge is 0.229 e. The Labute approximate surface area is 164 Å². The van der Waals surface area contributed by atoms with Crippen molar-refractivity contribution in [2.75, 3.05) is 5.32 Å². The molecule has 0 aliphatic heterocycles. The summed E-state index contributed by atoms with van der Waals surface area (Å²) in [6.45, 7) is 0. The third-order valence-corrected chi connectivity index (χ3v) is 5.66. The number of hydrogen-bond acceptors (Lipinski definition) is 7. The molecular formula is C20H15N7S. The van der Waals surface area contributed by atoms with Crippen LogP contribution in [0.4, 0.5) is 11.6 Å². The van der Waals surface area contributed by atoms with E-state index in [1.165, 1.54) is 0 Å². The summed E-state index contributed by atoms with van der Waals surface area (Å²) in [5, 5.41) is 3.32. The fraction of sp³-hybridized carbons (Fsp3) is 0.150. The van der Waals surface area contributed by atoms with Crippen molar-refractivity contribution in [1.29, 1.82) is 0 Å². The molecule has 136 valence electrons. The van der Waals surface area contributed by atoms with Crippen LogP contribution < -0.4 is 5.32 Å². The Morgan fingerprint density at radius 2 is 1.89 bits per heavy atom. The van der Waals surface area contributed by atoms with Gasteiger partial charge in [0.2, 0.25) is 5.95 Å². The molecule has 0 amide bonds. The van der Waals surface area contributed by atoms with Crippen molar-refractivity contribution in [2.45, 2.75) is 18.9 Å². The highest BCUT2D eigenvalue weighted by molar-refractivity contribution is 7.16. The van der Waals surface area contributed by atoms with E-state index in [9.17, 15) is 0 Å². The van der Waals surface area contributed by atoms with E-state index in [1.807, 2.05) is 29.8 Å². The van der Waals surface area contributed by atoms with Gasteiger partial charge in [0.25, 0.3) is 0 Å². The van der Waals surface area contributed by atoms with Crippen LogP contribution in [-0.2, 0) is 0 Å². The first-order valence-corrected chi connectivity index (χ1v) is 9.99. The number of pyridine rings is 1. The second-order valence-corrected chi connectivity index (χ2v) is 7.72. The number of benzene rings is 1. The fourth-order valence-electron chi connectivity index (χ4n) is 3.40. The average Bonchev–Trinajstić information content (AvgIpc) is 3.33. The molecule has 8 heteroatoms. The molecule has 1 aliphatic rings. The Bertz CT molecular complexity index is 1300. The minimum absolute atomic E-state index is 0.449. The summed E-state index contributed by atoms with van der Waals surface area (Å²) in [7, 11) is 0. The van der Waals surface area contributed by atoms with Crippen molar-refractivity contribution >= 4 is 44.4 Å². The minimum Gasteiger partial charge on any atom is -0.324 e. The van der Waals surface area contributed by atoms with E-state index in [0.717, 1.165) is 51.3 Å². The molecule has 6 rings (SSSR count). The van der Waals surface area contributed by atoms with Crippen LogP contribution in [-0.4, -0.2) is 29.5 Å². The molecule has 1 N–H and O–H groups in total. The number of imidazole rings is 1. The Morgan fingerprint density at radius 3 is 2.75 bits per heavy atom. The zero-order valence-electron chi connectivity index (χ0n) is 14.8. The molecule has 4 heterocycles. The van der Waals surface area contributed by atoms with Crippen LogP contribution in [0.2, 0.25) is 0 Å². The molecule has 1 fully saturated rings. The number of nitrogens with one attached hydrogen (secondary N) is 1. The standard InChI is InChI=1S/C20H15N7S/c1-4-15-17(28-11-23-15)9-13(1)24-20-22-10-16-19(26-20)27(14-2-3-14)18(25-16)12-5-7-21-8-6-12/h1,4-11,14H,2-3H2,(H,22,24,26). The van der Waals surface area contributed by atoms with Gasteiger partial charge in [-0.2, -0.15) is 4.98 Å². The van der Waals surface area contributed by atoms with Gasteiger partial charge in [0.1, 0.15) is 11.3 Å². The van der Waals surface area contributed by atoms with Crippen LogP contribution in [0.1, 0.15) is 18.9 Å². The Hall–Kier alpha value is -3.39. The molecule has 0 bridgehead atoms. The lowest BCUT2D eigenvalue weighted by Gasteiger charge is -2.08. The topological polar surface area (TPSA) is 81.4 Å². The van der Waals surface area contributed by atoms with Gasteiger partial charge in [-0.1, -0.05) is 0 Å². The first-order chi connectivity index (χ1) is 13.8. The van der Waals surface area contributed by atoms with E-state index in [1.54, 1.807) is 29.9 Å². The van der Waals surface area contributed by atoms with Crippen molar-refractivity contribution in [2.24, 2.45) is 0 Å². The quantitative estimate of drug-likeness (QED) is 0.488. The molecule has 7 nitrogen and oxygen atoms in total. The molecule has 4 aromatic heterocycles. The number of rotatable bonds is 4. The van der Waals surface area contributed by atoms with E-state index in [4.69, 9.17) is 9.97 Å². The lowest BCUT2D eigenvalue weighted by atomic mass is 10.2. The summed E-state index contributed by atoms with van der Waals surface area (Å²) in [5.41, 5.74) is 6.52. The van der Waals surface area contributed by atoms with Crippen LogP contribution in [0.25, 0.3) is 32.8 Å². The molecule has 0 saturated heterocycles. The molecule has 0 atom stereocenters. The van der Waals surface area contributed by atoms with E-state index < -0.39 is 0 Å². The second kappa shape index (κ2) is 6.07. The molecule has 0 spiro atoms. The van der Waals surface area contributed by atoms with E-state index in [-0.39, 0.29) is 0 Å². The highest BCUT2D eigenvalue weighted by atomic mass is 32.1. The first-order valence-electron chi connectivity index (χ1n) is 9.11. The SMILES string of the molecule is c1cc(-c2nc3cnc(Nc4ccc5ncsc5c4)nc3n2C2CC2)ccn1. The van der Waals surface area contributed by atoms with Crippen molar-refractivity contribution < 1.29 is 0 Å². The Kier molecular flexibility index (Phi) is 3.39. The minimum atomic E-state index is 0.449. The van der Waals surface area contributed by atoms with Crippen LogP contribution in [0, 0.1) is 0 Å². The van der Waals surface area contributed by atoms with Crippen molar-refractivity contribution in [1.82, 2.24) is 29.5 Å². The van der Waals surface area contributed by atoms with Crippen LogP contribution in [0.5, 0.6) is 0 Å². The van der Waals surface area contributed by atoms with Crippen molar-refractivity contribution in [3.63, 3.8) is 0 Å². The van der Waals surface area contributed by atoms with Crippen molar-refractivity contribution in [3.05, 3.63) is 54.4 Å². The maximum absolute atomic E-state index is 4.80. The molecule has 5 aromatic rings. The summed E-state index contributed by atoms with van der Waals surface area (Å²) in [5.74, 6) is 1.50. The molecule has 1 aromatic carbocycles. The molecule has 28 heavy (non-hydrogen) atoms. The number of thiazole rings is 1. The fourth-order valence-corrected chi connectivity index (χ4v) is 4.11. The predicted molar refractivity (Wildman–Crippen MR) is 110 cm³/mol. The molecular weight excluding hydrogens is 370 g/mol. The maximum atomic E-state index is 4.80. The molecule has 0 unspecified atom stereocenters. The van der Waals surface area contributed by atoms with E-state index in [0.29, 0.717) is 12.0 Å². The van der Waals surface area contributed by atoms with Crippen LogP contribution >= 0.6 is 11.3 Å². The summed E-state index contributed by atoms with van der Waals surface area (Å²) >= 11 is 1.62. The summed E-state index contributed by atoms with van der Waals surface area (Å²) in [4.78, 5) is 22.5. The van der Waals surface area contributed by atoms with Crippen molar-refractivity contribution in [3.8, 4) is 11.4 Å². The molecule has 0 radical (unpaired) electrons. The van der Waals surface area contributed by atoms with Gasteiger partial charge < -0.3 is 9.88 Å². The third-order valence-electron chi connectivity index (χ3n) is 4.87. The van der Waals surface area contributed by atoms with Gasteiger partial charge in [-0.05, 0) is 43.2 Å². The highest BCUT2D eigenvalue weighted by Crippen LogP contribution is 2.40. The van der Waals surface area contributed by atoms with Gasteiger partial charge in [-0.3, -0.25) is 4.98 Å². The van der Waals surface area contributed by atoms with E-state index >= 15 is 0 Å². The predicted octanol–water partition coefficient (Wildman–Crippen LogP) is 4.58. The lowest BCUT2D eigenvalue weighted by molar-refractivity contribution is 0.766. The van der Waals surface area contributed by atoms with Gasteiger partial charge >= 0.3 is 0 Å². The monoisotopic (exact) mass is 385 g/mol. The Balaban J connectivity index is 1.44. The summed E-state index contributed by atoms with van der Waals surface area (Å²) in [6, 6.07) is 10.5. The number of nitrogens with zero attached hydrogens (tertiary/aromatic N) is 6. The average molecular weight is 385 g/mol. The van der Waals surface area contributed by atoms with Gasteiger partial charge in [0.15, 0.2) is 5.65 Å². The maximum Gasteiger partial charge on any atom is 0.229 e. The van der Waals surface area contributed by atoms with Crippen LogP contribution in [0.15, 0.2) is 54.4 Å². The number of aromatic nitrogens is 6. The van der Waals surface area contributed by atoms with Crippen LogP contribution in [0.3, 0.4) is 0 Å². The summed E-state index contributed by atoms with van der Waals surface area (Å²) in [6.07, 6.45) is 7.68. The second-order valence-electron chi connectivity index (χ2n) is 6.83. The zero-order valence-corrected chi connectivity index (χ0v) is 15.6. The number of anilines is 2. The third kappa shape index (κ3) is 2.61. The first kappa shape index (κ1) is 15.6. The molecule has 1 saturated carbocycles. The zero-order chi connectivity index (χ0) is 18.5. The number of fused-ring (bicyclic) bond motifs is 2. The van der Waals surface area contributed by atoms with Gasteiger partial charge in [-0.15, -0.1) is 11.3 Å². The highest BCUT2D eigenvalue weighted by Gasteiger charge is 2.29.